The zero-order valence-corrected chi connectivity index (χ0v) is 22.7. The lowest BCUT2D eigenvalue weighted by molar-refractivity contribution is -0.129. The molecule has 2 aromatic carbocycles. The van der Waals surface area contributed by atoms with Gasteiger partial charge in [0.1, 0.15) is 17.7 Å². The maximum Gasteiger partial charge on any atom is 0.261 e. The summed E-state index contributed by atoms with van der Waals surface area (Å²) in [7, 11) is 0. The molecule has 0 aliphatic heterocycles. The van der Waals surface area contributed by atoms with Gasteiger partial charge in [0.2, 0.25) is 11.8 Å². The first-order chi connectivity index (χ1) is 18.2. The average Bonchev–Trinajstić information content (AvgIpc) is 3.32. The quantitative estimate of drug-likeness (QED) is 0.242. The van der Waals surface area contributed by atoms with E-state index in [0.29, 0.717) is 12.3 Å². The van der Waals surface area contributed by atoms with E-state index in [-0.39, 0.29) is 36.8 Å². The van der Waals surface area contributed by atoms with Crippen LogP contribution in [0.4, 0.5) is 0 Å². The van der Waals surface area contributed by atoms with Crippen molar-refractivity contribution in [1.82, 2.24) is 20.9 Å². The second kappa shape index (κ2) is 13.5. The number of aromatic nitrogens is 1. The van der Waals surface area contributed by atoms with Crippen LogP contribution in [-0.4, -0.2) is 41.3 Å². The van der Waals surface area contributed by atoms with Gasteiger partial charge in [-0.2, -0.15) is 5.26 Å². The van der Waals surface area contributed by atoms with Crippen LogP contribution in [0, 0.1) is 11.3 Å². The summed E-state index contributed by atoms with van der Waals surface area (Å²) in [5.41, 5.74) is 2.83. The average molecular weight is 532 g/mol. The number of amides is 3. The van der Waals surface area contributed by atoms with E-state index in [0.717, 1.165) is 20.8 Å². The lowest BCUT2D eigenvalue weighted by atomic mass is 10.0. The molecule has 38 heavy (non-hydrogen) atoms. The van der Waals surface area contributed by atoms with Crippen LogP contribution in [0.1, 0.15) is 49.2 Å². The van der Waals surface area contributed by atoms with Crippen LogP contribution in [0.2, 0.25) is 0 Å². The smallest absolute Gasteiger partial charge is 0.261 e. The molecular formula is C29H33N5O3S. The highest BCUT2D eigenvalue weighted by atomic mass is 32.1. The molecule has 0 spiro atoms. The lowest BCUT2D eigenvalue weighted by Gasteiger charge is -2.23. The SMILES string of the molecule is C=C(C#N)C(=O)NCC(Cc1ccccc1)NC(=O)[C@H](Cc1nc2ccc(C(C)C)cc2s1)NC(=O)CC. The molecule has 3 aromatic rings. The van der Waals surface area contributed by atoms with Gasteiger partial charge in [-0.15, -0.1) is 11.3 Å². The predicted octanol–water partition coefficient (Wildman–Crippen LogP) is 3.78. The van der Waals surface area contributed by atoms with E-state index in [1.54, 1.807) is 13.0 Å². The Bertz CT molecular complexity index is 1340. The van der Waals surface area contributed by atoms with Gasteiger partial charge in [-0.05, 0) is 35.6 Å². The fourth-order valence-corrected chi connectivity index (χ4v) is 4.92. The minimum atomic E-state index is -0.837. The van der Waals surface area contributed by atoms with Crippen molar-refractivity contribution in [1.29, 1.82) is 5.26 Å². The van der Waals surface area contributed by atoms with Crippen molar-refractivity contribution in [2.45, 2.75) is 58.0 Å². The standard InChI is InChI=1S/C29H33N5O3S/c1-5-26(35)33-24(15-27-34-23-12-11-21(18(2)3)14-25(23)38-27)29(37)32-22(13-20-9-7-6-8-10-20)17-31-28(36)19(4)16-30/h6-12,14,18,22,24H,4-5,13,15,17H2,1-3H3,(H,31,36)(H,32,37)(H,33,35)/t22?,24-/m0/s1. The van der Waals surface area contributed by atoms with E-state index in [9.17, 15) is 14.4 Å². The molecule has 0 bridgehead atoms. The third-order valence-corrected chi connectivity index (χ3v) is 7.10. The molecule has 9 heteroatoms. The van der Waals surface area contributed by atoms with Gasteiger partial charge >= 0.3 is 0 Å². The van der Waals surface area contributed by atoms with Crippen LogP contribution in [-0.2, 0) is 27.2 Å². The van der Waals surface area contributed by atoms with Crippen LogP contribution in [0.15, 0.2) is 60.7 Å². The molecule has 0 radical (unpaired) electrons. The maximum absolute atomic E-state index is 13.5. The highest BCUT2D eigenvalue weighted by Gasteiger charge is 2.25. The zero-order chi connectivity index (χ0) is 27.7. The summed E-state index contributed by atoms with van der Waals surface area (Å²) in [6.07, 6.45) is 0.921. The van der Waals surface area contributed by atoms with Crippen molar-refractivity contribution in [2.75, 3.05) is 6.54 Å². The monoisotopic (exact) mass is 531 g/mol. The van der Waals surface area contributed by atoms with Crippen LogP contribution < -0.4 is 16.0 Å². The summed E-state index contributed by atoms with van der Waals surface area (Å²) >= 11 is 1.51. The Morgan fingerprint density at radius 3 is 2.47 bits per heavy atom. The van der Waals surface area contributed by atoms with E-state index in [1.807, 2.05) is 36.4 Å². The maximum atomic E-state index is 13.5. The molecule has 3 amide bonds. The number of benzene rings is 2. The summed E-state index contributed by atoms with van der Waals surface area (Å²) in [5.74, 6) is -0.819. The second-order valence-corrected chi connectivity index (χ2v) is 10.5. The van der Waals surface area contributed by atoms with Gasteiger partial charge in [-0.1, -0.05) is 63.7 Å². The Kier molecular flexibility index (Phi) is 10.1. The van der Waals surface area contributed by atoms with Crippen LogP contribution >= 0.6 is 11.3 Å². The summed E-state index contributed by atoms with van der Waals surface area (Å²) in [4.78, 5) is 42.6. The fourth-order valence-electron chi connectivity index (χ4n) is 3.86. The van der Waals surface area contributed by atoms with E-state index in [1.165, 1.54) is 16.9 Å². The largest absolute Gasteiger partial charge is 0.349 e. The molecule has 3 rings (SSSR count). The first-order valence-corrected chi connectivity index (χ1v) is 13.4. The summed E-state index contributed by atoms with van der Waals surface area (Å²) in [6, 6.07) is 16.1. The van der Waals surface area contributed by atoms with Crippen molar-refractivity contribution in [3.63, 3.8) is 0 Å². The zero-order valence-electron chi connectivity index (χ0n) is 21.9. The van der Waals surface area contributed by atoms with Crippen molar-refractivity contribution < 1.29 is 14.4 Å². The first kappa shape index (κ1) is 28.5. The van der Waals surface area contributed by atoms with Crippen LogP contribution in [0.5, 0.6) is 0 Å². The Labute approximate surface area is 227 Å². The van der Waals surface area contributed by atoms with Crippen molar-refractivity contribution in [3.05, 3.63) is 76.8 Å². The lowest BCUT2D eigenvalue weighted by Crippen LogP contribution is -2.53. The number of thiazole rings is 1. The topological polar surface area (TPSA) is 124 Å². The summed E-state index contributed by atoms with van der Waals surface area (Å²) < 4.78 is 1.04. The number of carbonyl (C=O) groups is 3. The number of fused-ring (bicyclic) bond motifs is 1. The first-order valence-electron chi connectivity index (χ1n) is 12.6. The summed E-state index contributed by atoms with van der Waals surface area (Å²) in [5, 5.41) is 18.1. The molecular weight excluding hydrogens is 498 g/mol. The normalized spacial score (nSPS) is 12.4. The number of hydrogen-bond acceptors (Lipinski definition) is 6. The van der Waals surface area contributed by atoms with Crippen LogP contribution in [0.3, 0.4) is 0 Å². The number of hydrogen-bond donors (Lipinski definition) is 3. The van der Waals surface area contributed by atoms with Gasteiger partial charge in [0.15, 0.2) is 0 Å². The van der Waals surface area contributed by atoms with Gasteiger partial charge in [0.05, 0.1) is 21.3 Å². The molecule has 3 N–H and O–H groups in total. The Morgan fingerprint density at radius 1 is 1.08 bits per heavy atom. The Morgan fingerprint density at radius 2 is 1.82 bits per heavy atom. The Balaban J connectivity index is 1.80. The molecule has 0 saturated carbocycles. The van der Waals surface area contributed by atoms with Gasteiger partial charge < -0.3 is 16.0 Å². The molecule has 0 saturated heterocycles. The van der Waals surface area contributed by atoms with Gasteiger partial charge in [0.25, 0.3) is 5.91 Å². The molecule has 1 aromatic heterocycles. The number of carbonyl (C=O) groups excluding carboxylic acids is 3. The highest BCUT2D eigenvalue weighted by Crippen LogP contribution is 2.27. The van der Waals surface area contributed by atoms with Crippen LogP contribution in [0.25, 0.3) is 10.2 Å². The van der Waals surface area contributed by atoms with Crippen molar-refractivity contribution in [3.8, 4) is 6.07 Å². The molecule has 0 aliphatic rings. The van der Waals surface area contributed by atoms with Crippen molar-refractivity contribution in [2.24, 2.45) is 0 Å². The van der Waals surface area contributed by atoms with Crippen molar-refractivity contribution >= 4 is 39.3 Å². The van der Waals surface area contributed by atoms with E-state index < -0.39 is 18.0 Å². The van der Waals surface area contributed by atoms with Gasteiger partial charge in [-0.25, -0.2) is 4.98 Å². The minimum absolute atomic E-state index is 0.0910. The number of rotatable bonds is 12. The number of nitriles is 1. The third-order valence-electron chi connectivity index (χ3n) is 6.06. The molecule has 0 fully saturated rings. The molecule has 2 atom stereocenters. The summed E-state index contributed by atoms with van der Waals surface area (Å²) in [6.45, 7) is 9.52. The fraction of sp³-hybridized carbons (Fsp3) is 0.345. The minimum Gasteiger partial charge on any atom is -0.349 e. The molecule has 198 valence electrons. The second-order valence-electron chi connectivity index (χ2n) is 9.36. The molecule has 1 unspecified atom stereocenters. The van der Waals surface area contributed by atoms with E-state index in [2.05, 4.69) is 48.5 Å². The predicted molar refractivity (Wildman–Crippen MR) is 149 cm³/mol. The van der Waals surface area contributed by atoms with Gasteiger partial charge in [0, 0.05) is 19.4 Å². The van der Waals surface area contributed by atoms with Gasteiger partial charge in [-0.3, -0.25) is 14.4 Å². The molecule has 8 nitrogen and oxygen atoms in total. The molecule has 1 heterocycles. The number of nitrogens with zero attached hydrogens (tertiary/aromatic N) is 2. The third kappa shape index (κ3) is 7.98. The van der Waals surface area contributed by atoms with E-state index >= 15 is 0 Å². The molecule has 0 aliphatic carbocycles. The van der Waals surface area contributed by atoms with E-state index in [4.69, 9.17) is 10.2 Å². The Hall–Kier alpha value is -4.03. The highest BCUT2D eigenvalue weighted by molar-refractivity contribution is 7.18. The number of nitrogens with one attached hydrogen (secondary N) is 3.